The topological polar surface area (TPSA) is 64.0 Å². The average Bonchev–Trinajstić information content (AvgIpc) is 2.90. The molecule has 0 aliphatic heterocycles. The number of nitrogens with zero attached hydrogens (tertiary/aromatic N) is 2. The molecule has 25 heavy (non-hydrogen) atoms. The molecule has 0 saturated heterocycles. The smallest absolute Gasteiger partial charge is 0.306 e. The molecule has 0 saturated carbocycles. The maximum absolute atomic E-state index is 12.7. The fourth-order valence-electron chi connectivity index (χ4n) is 2.34. The molecule has 0 spiro atoms. The van der Waals surface area contributed by atoms with Crippen LogP contribution in [0.1, 0.15) is 36.4 Å². The van der Waals surface area contributed by atoms with Crippen LogP contribution in [0.3, 0.4) is 0 Å². The van der Waals surface area contributed by atoms with Crippen LogP contribution in [0, 0.1) is 0 Å². The fourth-order valence-corrected chi connectivity index (χ4v) is 3.30. The normalized spacial score (nSPS) is 11.6. The lowest BCUT2D eigenvalue weighted by molar-refractivity contribution is -0.139. The van der Waals surface area contributed by atoms with Gasteiger partial charge in [-0.05, 0) is 25.0 Å². The van der Waals surface area contributed by atoms with Crippen molar-refractivity contribution in [3.63, 3.8) is 0 Å². The number of carbonyl (C=O) groups excluding carboxylic acids is 1. The summed E-state index contributed by atoms with van der Waals surface area (Å²) < 4.78 is 39.0. The van der Waals surface area contributed by atoms with Crippen LogP contribution in [-0.2, 0) is 30.4 Å². The van der Waals surface area contributed by atoms with Gasteiger partial charge in [-0.15, -0.1) is 11.3 Å². The molecular weight excluding hydrogens is 355 g/mol. The second-order valence-electron chi connectivity index (χ2n) is 5.39. The van der Waals surface area contributed by atoms with E-state index in [-0.39, 0.29) is 0 Å². The highest BCUT2D eigenvalue weighted by Crippen LogP contribution is 2.26. The molecule has 2 aromatic heterocycles. The van der Waals surface area contributed by atoms with Gasteiger partial charge in [0, 0.05) is 11.1 Å². The van der Waals surface area contributed by atoms with Gasteiger partial charge in [-0.2, -0.15) is 13.2 Å². The first kappa shape index (κ1) is 19.2. The number of aromatic nitrogens is 2. The van der Waals surface area contributed by atoms with E-state index in [1.165, 1.54) is 11.3 Å². The van der Waals surface area contributed by atoms with Gasteiger partial charge in [0.25, 0.3) is 5.56 Å². The van der Waals surface area contributed by atoms with Crippen LogP contribution in [0.15, 0.2) is 23.1 Å². The lowest BCUT2D eigenvalue weighted by Crippen LogP contribution is -2.31. The third kappa shape index (κ3) is 4.68. The first-order chi connectivity index (χ1) is 11.8. The first-order valence-corrected chi connectivity index (χ1v) is 8.63. The number of carbonyl (C=O) groups is 1. The van der Waals surface area contributed by atoms with Crippen molar-refractivity contribution in [3.8, 4) is 0 Å². The summed E-state index contributed by atoms with van der Waals surface area (Å²) in [5, 5.41) is 2.95. The van der Waals surface area contributed by atoms with Gasteiger partial charge in [-0.25, -0.2) is 4.98 Å². The number of thiazole rings is 1. The zero-order chi connectivity index (χ0) is 18.6. The van der Waals surface area contributed by atoms with E-state index < -0.39 is 29.8 Å². The van der Waals surface area contributed by atoms with Gasteiger partial charge < -0.3 is 9.88 Å². The molecule has 0 atom stereocenters. The molecule has 0 aliphatic rings. The van der Waals surface area contributed by atoms with Crippen molar-refractivity contribution in [2.75, 3.05) is 5.32 Å². The van der Waals surface area contributed by atoms with E-state index in [2.05, 4.69) is 10.3 Å². The highest BCUT2D eigenvalue weighted by atomic mass is 32.1. The SMILES string of the molecule is CCCc1nc(NC(=O)Cn2cccc(C(F)(F)F)c2=O)sc1CC. The van der Waals surface area contributed by atoms with Crippen molar-refractivity contribution in [1.29, 1.82) is 0 Å². The van der Waals surface area contributed by atoms with Crippen LogP contribution in [0.25, 0.3) is 0 Å². The van der Waals surface area contributed by atoms with E-state index in [0.717, 1.165) is 46.7 Å². The highest BCUT2D eigenvalue weighted by molar-refractivity contribution is 7.15. The Bertz CT molecular complexity index is 812. The molecule has 0 aliphatic carbocycles. The monoisotopic (exact) mass is 373 g/mol. The standard InChI is InChI=1S/C16H18F3N3O2S/c1-3-6-11-12(4-2)25-15(20-11)21-13(23)9-22-8-5-7-10(14(22)24)16(17,18)19/h5,7-8H,3-4,6,9H2,1-2H3,(H,20,21,23). The van der Waals surface area contributed by atoms with E-state index in [1.807, 2.05) is 13.8 Å². The van der Waals surface area contributed by atoms with Crippen molar-refractivity contribution in [1.82, 2.24) is 9.55 Å². The molecular formula is C16H18F3N3O2S. The number of alkyl halides is 3. The molecule has 1 N–H and O–H groups in total. The van der Waals surface area contributed by atoms with Crippen LogP contribution in [0.5, 0.6) is 0 Å². The van der Waals surface area contributed by atoms with E-state index in [0.29, 0.717) is 11.2 Å². The molecule has 2 aromatic rings. The van der Waals surface area contributed by atoms with Crippen molar-refractivity contribution in [3.05, 3.63) is 44.8 Å². The lowest BCUT2D eigenvalue weighted by atomic mass is 10.2. The molecule has 0 radical (unpaired) electrons. The predicted octanol–water partition coefficient (Wildman–Crippen LogP) is 3.48. The predicted molar refractivity (Wildman–Crippen MR) is 89.8 cm³/mol. The summed E-state index contributed by atoms with van der Waals surface area (Å²) in [6, 6.07) is 1.79. The number of hydrogen-bond donors (Lipinski definition) is 1. The number of pyridine rings is 1. The second-order valence-corrected chi connectivity index (χ2v) is 6.48. The molecule has 2 heterocycles. The second kappa shape index (κ2) is 7.81. The Hall–Kier alpha value is -2.16. The Morgan fingerprint density at radius 1 is 1.36 bits per heavy atom. The van der Waals surface area contributed by atoms with Crippen molar-refractivity contribution >= 4 is 22.4 Å². The molecule has 0 fully saturated rings. The van der Waals surface area contributed by atoms with E-state index in [4.69, 9.17) is 0 Å². The summed E-state index contributed by atoms with van der Waals surface area (Å²) in [5.74, 6) is -0.596. The number of halogens is 3. The molecule has 0 unspecified atom stereocenters. The Balaban J connectivity index is 2.15. The number of amides is 1. The minimum absolute atomic E-state index is 0.394. The van der Waals surface area contributed by atoms with Gasteiger partial charge >= 0.3 is 6.18 Å². The zero-order valence-corrected chi connectivity index (χ0v) is 14.6. The molecule has 0 bridgehead atoms. The number of hydrogen-bond acceptors (Lipinski definition) is 4. The third-order valence-corrected chi connectivity index (χ3v) is 4.63. The van der Waals surface area contributed by atoms with Crippen LogP contribution in [-0.4, -0.2) is 15.5 Å². The Morgan fingerprint density at radius 3 is 2.68 bits per heavy atom. The van der Waals surface area contributed by atoms with E-state index in [9.17, 15) is 22.8 Å². The molecule has 136 valence electrons. The molecule has 5 nitrogen and oxygen atoms in total. The number of aryl methyl sites for hydroxylation is 2. The Kier molecular flexibility index (Phi) is 5.99. The minimum atomic E-state index is -4.75. The van der Waals surface area contributed by atoms with Crippen molar-refractivity contribution < 1.29 is 18.0 Å². The Morgan fingerprint density at radius 2 is 2.08 bits per heavy atom. The maximum atomic E-state index is 12.7. The summed E-state index contributed by atoms with van der Waals surface area (Å²) in [6.45, 7) is 3.50. The zero-order valence-electron chi connectivity index (χ0n) is 13.8. The van der Waals surface area contributed by atoms with Gasteiger partial charge in [0.15, 0.2) is 5.13 Å². The molecule has 2 rings (SSSR count). The first-order valence-electron chi connectivity index (χ1n) is 7.81. The summed E-state index contributed by atoms with van der Waals surface area (Å²) >= 11 is 1.34. The minimum Gasteiger partial charge on any atom is -0.306 e. The fraction of sp³-hybridized carbons (Fsp3) is 0.438. The van der Waals surface area contributed by atoms with Gasteiger partial charge in [0.05, 0.1) is 5.69 Å². The van der Waals surface area contributed by atoms with Crippen molar-refractivity contribution in [2.45, 2.75) is 45.8 Å². The number of anilines is 1. The van der Waals surface area contributed by atoms with Crippen LogP contribution < -0.4 is 10.9 Å². The van der Waals surface area contributed by atoms with Gasteiger partial charge in [-0.1, -0.05) is 20.3 Å². The summed E-state index contributed by atoms with van der Waals surface area (Å²) in [7, 11) is 0. The summed E-state index contributed by atoms with van der Waals surface area (Å²) in [6.07, 6.45) is -1.10. The van der Waals surface area contributed by atoms with Gasteiger partial charge in [0.2, 0.25) is 5.91 Å². The summed E-state index contributed by atoms with van der Waals surface area (Å²) in [4.78, 5) is 29.3. The average molecular weight is 373 g/mol. The third-order valence-electron chi connectivity index (χ3n) is 3.47. The van der Waals surface area contributed by atoms with Crippen LogP contribution >= 0.6 is 11.3 Å². The highest BCUT2D eigenvalue weighted by Gasteiger charge is 2.34. The maximum Gasteiger partial charge on any atom is 0.421 e. The molecule has 1 amide bonds. The molecule has 9 heteroatoms. The number of rotatable bonds is 6. The summed E-state index contributed by atoms with van der Waals surface area (Å²) in [5.41, 5.74) is -1.62. The Labute approximate surface area is 146 Å². The lowest BCUT2D eigenvalue weighted by Gasteiger charge is -2.09. The van der Waals surface area contributed by atoms with Crippen LogP contribution in [0.4, 0.5) is 18.3 Å². The van der Waals surface area contributed by atoms with E-state index in [1.54, 1.807) is 0 Å². The molecule has 0 aromatic carbocycles. The van der Waals surface area contributed by atoms with Gasteiger partial charge in [-0.3, -0.25) is 9.59 Å². The van der Waals surface area contributed by atoms with E-state index >= 15 is 0 Å². The largest absolute Gasteiger partial charge is 0.421 e. The van der Waals surface area contributed by atoms with Crippen molar-refractivity contribution in [2.24, 2.45) is 0 Å². The number of nitrogens with one attached hydrogen (secondary N) is 1. The van der Waals surface area contributed by atoms with Gasteiger partial charge in [0.1, 0.15) is 12.1 Å². The van der Waals surface area contributed by atoms with Crippen LogP contribution in [0.2, 0.25) is 0 Å². The quantitative estimate of drug-likeness (QED) is 0.843.